The third-order valence-corrected chi connectivity index (χ3v) is 5.62. The van der Waals surface area contributed by atoms with E-state index in [4.69, 9.17) is 9.47 Å². The predicted octanol–water partition coefficient (Wildman–Crippen LogP) is 2.08. The van der Waals surface area contributed by atoms with Crippen LogP contribution in [0.15, 0.2) is 42.7 Å². The molecule has 0 aliphatic carbocycles. The number of carbonyl (C=O) groups excluding carboxylic acids is 2. The lowest BCUT2D eigenvalue weighted by atomic mass is 9.86. The fourth-order valence-corrected chi connectivity index (χ4v) is 4.24. The van der Waals surface area contributed by atoms with Crippen molar-refractivity contribution in [3.8, 4) is 11.5 Å². The van der Waals surface area contributed by atoms with Crippen LogP contribution < -0.4 is 14.4 Å². The molecule has 2 amide bonds. The van der Waals surface area contributed by atoms with Gasteiger partial charge in [0.1, 0.15) is 0 Å². The van der Waals surface area contributed by atoms with Crippen LogP contribution in [-0.4, -0.2) is 48.1 Å². The highest BCUT2D eigenvalue weighted by atomic mass is 16.7. The van der Waals surface area contributed by atoms with Crippen molar-refractivity contribution in [3.05, 3.63) is 48.3 Å². The van der Waals surface area contributed by atoms with E-state index in [1.165, 1.54) is 0 Å². The first-order valence-corrected chi connectivity index (χ1v) is 9.03. The molecule has 1 aromatic heterocycles. The molecule has 5 rings (SSSR count). The summed E-state index contributed by atoms with van der Waals surface area (Å²) in [7, 11) is 0. The van der Waals surface area contributed by atoms with Crippen molar-refractivity contribution in [1.82, 2.24) is 9.88 Å². The first kappa shape index (κ1) is 16.1. The fourth-order valence-electron chi connectivity index (χ4n) is 4.24. The van der Waals surface area contributed by atoms with Crippen molar-refractivity contribution in [1.29, 1.82) is 0 Å². The number of pyridine rings is 1. The number of likely N-dealkylation sites (tertiary alicyclic amines) is 1. The van der Waals surface area contributed by atoms with Crippen LogP contribution >= 0.6 is 0 Å². The zero-order valence-corrected chi connectivity index (χ0v) is 14.8. The Morgan fingerprint density at radius 2 is 2.04 bits per heavy atom. The number of benzene rings is 1. The third kappa shape index (κ3) is 2.70. The largest absolute Gasteiger partial charge is 0.454 e. The number of fused-ring (bicyclic) bond motifs is 1. The number of hydrogen-bond donors (Lipinski definition) is 0. The van der Waals surface area contributed by atoms with Gasteiger partial charge in [-0.25, -0.2) is 0 Å². The van der Waals surface area contributed by atoms with Crippen LogP contribution in [-0.2, 0) is 4.79 Å². The van der Waals surface area contributed by atoms with Crippen molar-refractivity contribution in [2.75, 3.05) is 31.3 Å². The van der Waals surface area contributed by atoms with Gasteiger partial charge < -0.3 is 19.3 Å². The van der Waals surface area contributed by atoms with Crippen LogP contribution in [0.5, 0.6) is 11.5 Å². The second kappa shape index (κ2) is 5.97. The summed E-state index contributed by atoms with van der Waals surface area (Å²) in [4.78, 5) is 33.1. The second-order valence-corrected chi connectivity index (χ2v) is 7.41. The highest BCUT2D eigenvalue weighted by Crippen LogP contribution is 2.44. The molecular formula is C20H19N3O4. The third-order valence-electron chi connectivity index (χ3n) is 5.62. The van der Waals surface area contributed by atoms with Crippen LogP contribution in [0.4, 0.5) is 5.69 Å². The van der Waals surface area contributed by atoms with Gasteiger partial charge in [0.15, 0.2) is 11.5 Å². The molecule has 1 spiro atoms. The van der Waals surface area contributed by atoms with Crippen LogP contribution in [0, 0.1) is 5.41 Å². The van der Waals surface area contributed by atoms with Gasteiger partial charge in [-0.1, -0.05) is 0 Å². The molecule has 0 radical (unpaired) electrons. The summed E-state index contributed by atoms with van der Waals surface area (Å²) in [6.45, 7) is 2.08. The molecule has 3 aliphatic heterocycles. The highest BCUT2D eigenvalue weighted by molar-refractivity contribution is 5.97. The SMILES string of the molecule is O=C(c1cccnc1)N1CCC2(CC(=O)N(c3ccc4c(c3)OCO4)C2)C1. The molecule has 2 saturated heterocycles. The van der Waals surface area contributed by atoms with Gasteiger partial charge in [-0.3, -0.25) is 14.6 Å². The molecule has 0 bridgehead atoms. The maximum Gasteiger partial charge on any atom is 0.255 e. The van der Waals surface area contributed by atoms with E-state index in [9.17, 15) is 9.59 Å². The van der Waals surface area contributed by atoms with E-state index in [1.54, 1.807) is 29.4 Å². The number of rotatable bonds is 2. The van der Waals surface area contributed by atoms with Crippen molar-refractivity contribution < 1.29 is 19.1 Å². The Balaban J connectivity index is 1.34. The minimum Gasteiger partial charge on any atom is -0.454 e. The van der Waals surface area contributed by atoms with Crippen LogP contribution in [0.3, 0.4) is 0 Å². The molecule has 3 aliphatic rings. The highest BCUT2D eigenvalue weighted by Gasteiger charge is 2.49. The standard InChI is InChI=1S/C20H19N3O4/c24-18-9-20(5-7-22(11-20)19(25)14-2-1-6-21-10-14)12-23(18)15-3-4-16-17(8-15)27-13-26-16/h1-4,6,8,10H,5,7,9,11-13H2. The van der Waals surface area contributed by atoms with E-state index >= 15 is 0 Å². The monoisotopic (exact) mass is 365 g/mol. The zero-order chi connectivity index (χ0) is 18.4. The fraction of sp³-hybridized carbons (Fsp3) is 0.350. The van der Waals surface area contributed by atoms with E-state index in [-0.39, 0.29) is 24.0 Å². The molecule has 2 aromatic rings. The Morgan fingerprint density at radius 3 is 2.89 bits per heavy atom. The Kier molecular flexibility index (Phi) is 3.56. The number of hydrogen-bond acceptors (Lipinski definition) is 5. The molecule has 1 aromatic carbocycles. The summed E-state index contributed by atoms with van der Waals surface area (Å²) in [5.41, 5.74) is 1.22. The molecule has 1 atom stereocenters. The average Bonchev–Trinajstić information content (AvgIpc) is 3.40. The Morgan fingerprint density at radius 1 is 1.15 bits per heavy atom. The molecule has 27 heavy (non-hydrogen) atoms. The summed E-state index contributed by atoms with van der Waals surface area (Å²) in [6, 6.07) is 9.12. The van der Waals surface area contributed by atoms with Crippen molar-refractivity contribution in [2.24, 2.45) is 5.41 Å². The first-order valence-electron chi connectivity index (χ1n) is 9.03. The maximum absolute atomic E-state index is 12.7. The van der Waals surface area contributed by atoms with Crippen molar-refractivity contribution in [3.63, 3.8) is 0 Å². The summed E-state index contributed by atoms with van der Waals surface area (Å²) in [5, 5.41) is 0. The van der Waals surface area contributed by atoms with Gasteiger partial charge in [-0.2, -0.15) is 0 Å². The number of aromatic nitrogens is 1. The molecule has 0 N–H and O–H groups in total. The van der Waals surface area contributed by atoms with Crippen molar-refractivity contribution in [2.45, 2.75) is 12.8 Å². The average molecular weight is 365 g/mol. The quantitative estimate of drug-likeness (QED) is 0.815. The predicted molar refractivity (Wildman–Crippen MR) is 96.7 cm³/mol. The zero-order valence-electron chi connectivity index (χ0n) is 14.8. The van der Waals surface area contributed by atoms with Gasteiger partial charge in [-0.15, -0.1) is 0 Å². The normalized spacial score (nSPS) is 23.5. The number of amides is 2. The minimum atomic E-state index is -0.189. The number of ether oxygens (including phenoxy) is 2. The summed E-state index contributed by atoms with van der Waals surface area (Å²) < 4.78 is 10.8. The van der Waals surface area contributed by atoms with Crippen LogP contribution in [0.1, 0.15) is 23.2 Å². The Labute approximate surface area is 156 Å². The topological polar surface area (TPSA) is 72.0 Å². The van der Waals surface area contributed by atoms with E-state index in [2.05, 4.69) is 4.98 Å². The van der Waals surface area contributed by atoms with Gasteiger partial charge in [0.25, 0.3) is 5.91 Å². The first-order chi connectivity index (χ1) is 13.1. The lowest BCUT2D eigenvalue weighted by molar-refractivity contribution is -0.117. The van der Waals surface area contributed by atoms with Gasteiger partial charge in [0.05, 0.1) is 5.56 Å². The van der Waals surface area contributed by atoms with Gasteiger partial charge in [0, 0.05) is 55.6 Å². The molecule has 1 unspecified atom stereocenters. The Hall–Kier alpha value is -3.09. The Bertz CT molecular complexity index is 917. The second-order valence-electron chi connectivity index (χ2n) is 7.41. The molecule has 7 heteroatoms. The summed E-state index contributed by atoms with van der Waals surface area (Å²) >= 11 is 0. The molecule has 138 valence electrons. The number of nitrogens with zero attached hydrogens (tertiary/aromatic N) is 3. The molecule has 7 nitrogen and oxygen atoms in total. The van der Waals surface area contributed by atoms with E-state index in [1.807, 2.05) is 23.1 Å². The van der Waals surface area contributed by atoms with E-state index < -0.39 is 0 Å². The summed E-state index contributed by atoms with van der Waals surface area (Å²) in [6.07, 6.45) is 4.53. The molecular weight excluding hydrogens is 346 g/mol. The van der Waals surface area contributed by atoms with Crippen LogP contribution in [0.2, 0.25) is 0 Å². The molecule has 4 heterocycles. The summed E-state index contributed by atoms with van der Waals surface area (Å²) in [5.74, 6) is 1.44. The van der Waals surface area contributed by atoms with E-state index in [0.29, 0.717) is 43.1 Å². The maximum atomic E-state index is 12.7. The molecule has 2 fully saturated rings. The lowest BCUT2D eigenvalue weighted by Gasteiger charge is -2.24. The van der Waals surface area contributed by atoms with Gasteiger partial charge in [-0.05, 0) is 30.7 Å². The number of carbonyl (C=O) groups is 2. The van der Waals surface area contributed by atoms with Gasteiger partial charge in [0.2, 0.25) is 12.7 Å². The van der Waals surface area contributed by atoms with Crippen molar-refractivity contribution >= 4 is 17.5 Å². The lowest BCUT2D eigenvalue weighted by Crippen LogP contribution is -2.34. The minimum absolute atomic E-state index is 0.0195. The smallest absolute Gasteiger partial charge is 0.255 e. The van der Waals surface area contributed by atoms with Gasteiger partial charge >= 0.3 is 0 Å². The molecule has 0 saturated carbocycles. The van der Waals surface area contributed by atoms with E-state index in [0.717, 1.165) is 12.1 Å². The van der Waals surface area contributed by atoms with Crippen LogP contribution in [0.25, 0.3) is 0 Å². The number of anilines is 1.